The highest BCUT2D eigenvalue weighted by molar-refractivity contribution is 5.95. The Morgan fingerprint density at radius 2 is 1.32 bits per heavy atom. The highest BCUT2D eigenvalue weighted by Crippen LogP contribution is 2.20. The topological polar surface area (TPSA) is 40.6 Å². The predicted octanol–water partition coefficient (Wildman–Crippen LogP) is 2.87. The lowest BCUT2D eigenvalue weighted by Crippen LogP contribution is -2.28. The van der Waals surface area contributed by atoms with Gasteiger partial charge in [0.15, 0.2) is 0 Å². The maximum atomic E-state index is 12.3. The van der Waals surface area contributed by atoms with Gasteiger partial charge in [0.2, 0.25) is 11.8 Å². The molecule has 0 heterocycles. The minimum atomic E-state index is -0.0266. The van der Waals surface area contributed by atoms with Gasteiger partial charge >= 0.3 is 0 Å². The third-order valence-electron chi connectivity index (χ3n) is 3.67. The van der Waals surface area contributed by atoms with Crippen molar-refractivity contribution in [1.82, 2.24) is 0 Å². The number of carbonyl (C=O) groups is 2. The summed E-state index contributed by atoms with van der Waals surface area (Å²) >= 11 is 0. The molecule has 0 aliphatic carbocycles. The average Bonchev–Trinajstić information content (AvgIpc) is 2.54. The van der Waals surface area contributed by atoms with Crippen LogP contribution in [0.2, 0.25) is 0 Å². The first-order valence-electron chi connectivity index (χ1n) is 7.14. The van der Waals surface area contributed by atoms with E-state index in [-0.39, 0.29) is 11.8 Å². The number of anilines is 2. The largest absolute Gasteiger partial charge is 0.316 e. The zero-order valence-corrected chi connectivity index (χ0v) is 13.1. The Hall–Kier alpha value is -2.62. The SMILES string of the molecule is CC(=O)N(C)c1ccc(N(C)C(=O)Cc2ccccc2)cc1. The molecule has 2 aromatic carbocycles. The molecule has 4 nitrogen and oxygen atoms in total. The Balaban J connectivity index is 2.07. The maximum Gasteiger partial charge on any atom is 0.231 e. The van der Waals surface area contributed by atoms with E-state index in [2.05, 4.69) is 0 Å². The maximum absolute atomic E-state index is 12.3. The molecule has 4 heteroatoms. The molecule has 0 aliphatic heterocycles. The van der Waals surface area contributed by atoms with Gasteiger partial charge in [0, 0.05) is 32.4 Å². The molecule has 0 bridgehead atoms. The van der Waals surface area contributed by atoms with Crippen molar-refractivity contribution in [1.29, 1.82) is 0 Å². The van der Waals surface area contributed by atoms with Crippen molar-refractivity contribution in [3.8, 4) is 0 Å². The van der Waals surface area contributed by atoms with Crippen LogP contribution in [-0.4, -0.2) is 25.9 Å². The molecule has 0 aliphatic rings. The number of benzene rings is 2. The van der Waals surface area contributed by atoms with Crippen molar-refractivity contribution < 1.29 is 9.59 Å². The molecule has 0 spiro atoms. The standard InChI is InChI=1S/C18H20N2O2/c1-14(21)19(2)16-9-11-17(12-10-16)20(3)18(22)13-15-7-5-4-6-8-15/h4-12H,13H2,1-3H3. The van der Waals surface area contributed by atoms with Gasteiger partial charge in [-0.1, -0.05) is 30.3 Å². The number of nitrogens with zero attached hydrogens (tertiary/aromatic N) is 2. The first kappa shape index (κ1) is 15.8. The summed E-state index contributed by atoms with van der Waals surface area (Å²) < 4.78 is 0. The molecule has 22 heavy (non-hydrogen) atoms. The summed E-state index contributed by atoms with van der Waals surface area (Å²) in [5.41, 5.74) is 2.61. The van der Waals surface area contributed by atoms with E-state index < -0.39 is 0 Å². The van der Waals surface area contributed by atoms with Gasteiger partial charge in [-0.05, 0) is 29.8 Å². The van der Waals surface area contributed by atoms with Gasteiger partial charge in [0.1, 0.15) is 0 Å². The van der Waals surface area contributed by atoms with E-state index in [4.69, 9.17) is 0 Å². The molecule has 0 atom stereocenters. The average molecular weight is 296 g/mol. The zero-order chi connectivity index (χ0) is 16.1. The predicted molar refractivity (Wildman–Crippen MR) is 89.1 cm³/mol. The van der Waals surface area contributed by atoms with E-state index in [1.54, 1.807) is 23.9 Å². The van der Waals surface area contributed by atoms with E-state index in [1.165, 1.54) is 6.92 Å². The van der Waals surface area contributed by atoms with Crippen LogP contribution in [0.4, 0.5) is 11.4 Å². The van der Waals surface area contributed by atoms with Crippen LogP contribution >= 0.6 is 0 Å². The van der Waals surface area contributed by atoms with Gasteiger partial charge in [0.25, 0.3) is 0 Å². The number of hydrogen-bond acceptors (Lipinski definition) is 2. The van der Waals surface area contributed by atoms with Crippen LogP contribution < -0.4 is 9.80 Å². The van der Waals surface area contributed by atoms with Crippen molar-refractivity contribution in [2.75, 3.05) is 23.9 Å². The number of hydrogen-bond donors (Lipinski definition) is 0. The summed E-state index contributed by atoms with van der Waals surface area (Å²) in [6.07, 6.45) is 0.368. The fourth-order valence-corrected chi connectivity index (χ4v) is 2.11. The molecule has 0 aromatic heterocycles. The van der Waals surface area contributed by atoms with Crippen molar-refractivity contribution in [2.45, 2.75) is 13.3 Å². The monoisotopic (exact) mass is 296 g/mol. The lowest BCUT2D eigenvalue weighted by Gasteiger charge is -2.20. The highest BCUT2D eigenvalue weighted by atomic mass is 16.2. The number of likely N-dealkylation sites (N-methyl/N-ethyl adjacent to an activating group) is 1. The van der Waals surface area contributed by atoms with Crippen LogP contribution in [0, 0.1) is 0 Å². The van der Waals surface area contributed by atoms with Gasteiger partial charge < -0.3 is 9.80 Å². The summed E-state index contributed by atoms with van der Waals surface area (Å²) in [7, 11) is 3.48. The van der Waals surface area contributed by atoms with Crippen molar-refractivity contribution in [2.24, 2.45) is 0 Å². The summed E-state index contributed by atoms with van der Waals surface area (Å²) in [5.74, 6) is 0.000121. The summed E-state index contributed by atoms with van der Waals surface area (Å²) in [6.45, 7) is 1.52. The van der Waals surface area contributed by atoms with E-state index in [0.717, 1.165) is 16.9 Å². The summed E-state index contributed by atoms with van der Waals surface area (Å²) in [4.78, 5) is 26.8. The Labute approximate surface area is 131 Å². The van der Waals surface area contributed by atoms with Crippen LogP contribution in [0.15, 0.2) is 54.6 Å². The second-order valence-corrected chi connectivity index (χ2v) is 5.21. The Kier molecular flexibility index (Phi) is 4.94. The quantitative estimate of drug-likeness (QED) is 0.870. The molecule has 0 N–H and O–H groups in total. The molecule has 2 aromatic rings. The second kappa shape index (κ2) is 6.89. The van der Waals surface area contributed by atoms with Crippen LogP contribution in [0.5, 0.6) is 0 Å². The van der Waals surface area contributed by atoms with Crippen LogP contribution in [-0.2, 0) is 16.0 Å². The minimum Gasteiger partial charge on any atom is -0.316 e. The minimum absolute atomic E-state index is 0.0266. The van der Waals surface area contributed by atoms with E-state index in [9.17, 15) is 9.59 Å². The fourth-order valence-electron chi connectivity index (χ4n) is 2.11. The number of rotatable bonds is 4. The lowest BCUT2D eigenvalue weighted by molar-refractivity contribution is -0.118. The van der Waals surface area contributed by atoms with E-state index in [1.807, 2.05) is 54.6 Å². The fraction of sp³-hybridized carbons (Fsp3) is 0.222. The van der Waals surface area contributed by atoms with Crippen LogP contribution in [0.3, 0.4) is 0 Å². The first-order chi connectivity index (χ1) is 10.5. The third kappa shape index (κ3) is 3.73. The molecule has 0 radical (unpaired) electrons. The molecule has 0 saturated heterocycles. The Morgan fingerprint density at radius 3 is 1.82 bits per heavy atom. The van der Waals surface area contributed by atoms with Gasteiger partial charge in [-0.3, -0.25) is 9.59 Å². The summed E-state index contributed by atoms with van der Waals surface area (Å²) in [6, 6.07) is 17.0. The van der Waals surface area contributed by atoms with Crippen LogP contribution in [0.1, 0.15) is 12.5 Å². The van der Waals surface area contributed by atoms with Gasteiger partial charge in [-0.15, -0.1) is 0 Å². The normalized spacial score (nSPS) is 10.1. The Bertz CT molecular complexity index is 651. The van der Waals surface area contributed by atoms with E-state index >= 15 is 0 Å². The smallest absolute Gasteiger partial charge is 0.231 e. The van der Waals surface area contributed by atoms with Gasteiger partial charge in [0.05, 0.1) is 6.42 Å². The Morgan fingerprint density at radius 1 is 0.818 bits per heavy atom. The lowest BCUT2D eigenvalue weighted by atomic mass is 10.1. The molecule has 2 rings (SSSR count). The molecule has 2 amide bonds. The summed E-state index contributed by atoms with van der Waals surface area (Å²) in [5, 5.41) is 0. The van der Waals surface area contributed by atoms with Crippen molar-refractivity contribution in [3.63, 3.8) is 0 Å². The van der Waals surface area contributed by atoms with Crippen LogP contribution in [0.25, 0.3) is 0 Å². The number of amides is 2. The molecule has 0 saturated carbocycles. The van der Waals surface area contributed by atoms with Crippen molar-refractivity contribution >= 4 is 23.2 Å². The van der Waals surface area contributed by atoms with Crippen molar-refractivity contribution in [3.05, 3.63) is 60.2 Å². The third-order valence-corrected chi connectivity index (χ3v) is 3.67. The molecule has 0 unspecified atom stereocenters. The molecular weight excluding hydrogens is 276 g/mol. The zero-order valence-electron chi connectivity index (χ0n) is 13.1. The van der Waals surface area contributed by atoms with Gasteiger partial charge in [-0.25, -0.2) is 0 Å². The van der Waals surface area contributed by atoms with E-state index in [0.29, 0.717) is 6.42 Å². The second-order valence-electron chi connectivity index (χ2n) is 5.21. The molecular formula is C18H20N2O2. The highest BCUT2D eigenvalue weighted by Gasteiger charge is 2.12. The number of carbonyl (C=O) groups excluding carboxylic acids is 2. The molecule has 114 valence electrons. The molecule has 0 fully saturated rings. The van der Waals surface area contributed by atoms with Gasteiger partial charge in [-0.2, -0.15) is 0 Å². The first-order valence-corrected chi connectivity index (χ1v) is 7.14.